The van der Waals surface area contributed by atoms with Crippen molar-refractivity contribution in [3.05, 3.63) is 101 Å². The molecular formula is C26H30N2O. The highest BCUT2D eigenvalue weighted by Crippen LogP contribution is 2.22. The lowest BCUT2D eigenvalue weighted by molar-refractivity contribution is 0.399. The van der Waals surface area contributed by atoms with E-state index in [4.69, 9.17) is 0 Å². The van der Waals surface area contributed by atoms with Crippen LogP contribution in [0.15, 0.2) is 79.0 Å². The molecule has 0 unspecified atom stereocenters. The minimum Gasteiger partial charge on any atom is -0.508 e. The van der Waals surface area contributed by atoms with Gasteiger partial charge in [0, 0.05) is 11.9 Å². The number of phenolic OH excluding ortho intramolecular Hbond substituents is 1. The third-order valence-corrected chi connectivity index (χ3v) is 4.98. The highest BCUT2D eigenvalue weighted by Gasteiger charge is 2.04. The first-order valence-corrected chi connectivity index (χ1v) is 10.2. The van der Waals surface area contributed by atoms with Crippen molar-refractivity contribution >= 4 is 5.57 Å². The minimum atomic E-state index is 0.302. The fourth-order valence-corrected chi connectivity index (χ4v) is 3.32. The minimum absolute atomic E-state index is 0.302. The van der Waals surface area contributed by atoms with Crippen LogP contribution in [0.4, 0.5) is 0 Å². The molecule has 1 aromatic heterocycles. The Morgan fingerprint density at radius 2 is 1.66 bits per heavy atom. The summed E-state index contributed by atoms with van der Waals surface area (Å²) >= 11 is 0. The van der Waals surface area contributed by atoms with Gasteiger partial charge in [0.05, 0.1) is 0 Å². The van der Waals surface area contributed by atoms with Crippen LogP contribution in [0.3, 0.4) is 0 Å². The van der Waals surface area contributed by atoms with Crippen molar-refractivity contribution in [3.8, 4) is 5.75 Å². The predicted molar refractivity (Wildman–Crippen MR) is 121 cm³/mol. The molecule has 0 bridgehead atoms. The summed E-state index contributed by atoms with van der Waals surface area (Å²) in [6.45, 7) is 1.09. The molecule has 0 radical (unpaired) electrons. The summed E-state index contributed by atoms with van der Waals surface area (Å²) in [5.41, 5.74) is 6.08. The highest BCUT2D eigenvalue weighted by molar-refractivity contribution is 5.68. The summed E-state index contributed by atoms with van der Waals surface area (Å²) < 4.78 is 0. The second-order valence-electron chi connectivity index (χ2n) is 7.71. The monoisotopic (exact) mass is 386 g/mol. The number of benzene rings is 2. The molecule has 0 atom stereocenters. The Morgan fingerprint density at radius 3 is 2.31 bits per heavy atom. The number of aromatic hydroxyl groups is 1. The first-order chi connectivity index (χ1) is 14.1. The molecule has 3 rings (SSSR count). The molecule has 3 nitrogen and oxygen atoms in total. The average molecular weight is 387 g/mol. The molecule has 0 amide bonds. The van der Waals surface area contributed by atoms with Gasteiger partial charge in [-0.2, -0.15) is 0 Å². The Labute approximate surface area is 174 Å². The van der Waals surface area contributed by atoms with Crippen molar-refractivity contribution < 1.29 is 5.11 Å². The van der Waals surface area contributed by atoms with Crippen LogP contribution in [0.5, 0.6) is 5.75 Å². The Bertz CT molecular complexity index is 898. The first kappa shape index (κ1) is 20.8. The van der Waals surface area contributed by atoms with E-state index < -0.39 is 0 Å². The van der Waals surface area contributed by atoms with Crippen molar-refractivity contribution in [2.24, 2.45) is 0 Å². The van der Waals surface area contributed by atoms with Gasteiger partial charge in [-0.05, 0) is 86.8 Å². The Balaban J connectivity index is 1.70. The van der Waals surface area contributed by atoms with Crippen LogP contribution in [0.2, 0.25) is 0 Å². The number of pyridine rings is 1. The van der Waals surface area contributed by atoms with Gasteiger partial charge in [0.1, 0.15) is 5.75 Å². The van der Waals surface area contributed by atoms with Crippen LogP contribution in [-0.2, 0) is 19.3 Å². The first-order valence-electron chi connectivity index (χ1n) is 10.2. The number of allylic oxidation sites excluding steroid dienone is 2. The standard InChI is InChI=1S/C26H30N2O/c1-28(2)18-6-9-25-15-11-22(20-27-25)10-14-24(23-7-4-3-5-8-23)19-21-12-16-26(29)17-13-21/h3-5,7-8,11-17,20,29H,6,9-10,18-19H2,1-2H3. The maximum Gasteiger partial charge on any atom is 0.115 e. The van der Waals surface area contributed by atoms with Crippen LogP contribution < -0.4 is 0 Å². The van der Waals surface area contributed by atoms with Gasteiger partial charge in [-0.1, -0.05) is 54.6 Å². The van der Waals surface area contributed by atoms with E-state index in [2.05, 4.69) is 66.5 Å². The van der Waals surface area contributed by atoms with Gasteiger partial charge in [-0.15, -0.1) is 0 Å². The topological polar surface area (TPSA) is 36.4 Å². The van der Waals surface area contributed by atoms with Gasteiger partial charge in [0.2, 0.25) is 0 Å². The predicted octanol–water partition coefficient (Wildman–Crippen LogP) is 5.15. The van der Waals surface area contributed by atoms with Crippen molar-refractivity contribution in [2.75, 3.05) is 20.6 Å². The van der Waals surface area contributed by atoms with Crippen LogP contribution >= 0.6 is 0 Å². The SMILES string of the molecule is CN(C)CCCc1ccc(CC=C(Cc2ccc(O)cc2)c2ccccc2)cn1. The molecule has 0 saturated heterocycles. The number of hydrogen-bond donors (Lipinski definition) is 1. The van der Waals surface area contributed by atoms with Gasteiger partial charge in [0.15, 0.2) is 0 Å². The second kappa shape index (κ2) is 10.6. The van der Waals surface area contributed by atoms with Gasteiger partial charge < -0.3 is 10.0 Å². The fourth-order valence-electron chi connectivity index (χ4n) is 3.32. The van der Waals surface area contributed by atoms with Crippen molar-refractivity contribution in [1.82, 2.24) is 9.88 Å². The number of rotatable bonds is 9. The fraction of sp³-hybridized carbons (Fsp3) is 0.269. The third-order valence-electron chi connectivity index (χ3n) is 4.98. The van der Waals surface area contributed by atoms with Crippen LogP contribution in [-0.4, -0.2) is 35.6 Å². The van der Waals surface area contributed by atoms with E-state index in [1.165, 1.54) is 22.3 Å². The maximum atomic E-state index is 9.54. The Kier molecular flexibility index (Phi) is 7.60. The van der Waals surface area contributed by atoms with Crippen LogP contribution in [0.25, 0.3) is 5.57 Å². The number of phenols is 1. The van der Waals surface area contributed by atoms with E-state index in [9.17, 15) is 5.11 Å². The molecule has 0 spiro atoms. The maximum absolute atomic E-state index is 9.54. The quantitative estimate of drug-likeness (QED) is 0.552. The molecule has 0 aliphatic carbocycles. The normalized spacial score (nSPS) is 11.8. The number of aryl methyl sites for hydroxylation is 1. The lowest BCUT2D eigenvalue weighted by Gasteiger charge is -2.10. The lowest BCUT2D eigenvalue weighted by atomic mass is 9.96. The van der Waals surface area contributed by atoms with Gasteiger partial charge in [-0.25, -0.2) is 0 Å². The van der Waals surface area contributed by atoms with Gasteiger partial charge >= 0.3 is 0 Å². The van der Waals surface area contributed by atoms with E-state index in [0.29, 0.717) is 5.75 Å². The summed E-state index contributed by atoms with van der Waals surface area (Å²) in [5.74, 6) is 0.302. The Hall–Kier alpha value is -2.91. The lowest BCUT2D eigenvalue weighted by Crippen LogP contribution is -2.13. The summed E-state index contributed by atoms with van der Waals surface area (Å²) in [6.07, 6.45) is 8.14. The molecule has 0 aliphatic heterocycles. The molecule has 0 saturated carbocycles. The number of nitrogens with zero attached hydrogens (tertiary/aromatic N) is 2. The Morgan fingerprint density at radius 1 is 0.931 bits per heavy atom. The summed E-state index contributed by atoms with van der Waals surface area (Å²) in [4.78, 5) is 6.85. The van der Waals surface area contributed by atoms with Crippen molar-refractivity contribution in [1.29, 1.82) is 0 Å². The van der Waals surface area contributed by atoms with E-state index >= 15 is 0 Å². The molecule has 0 aliphatic rings. The van der Waals surface area contributed by atoms with Gasteiger partial charge in [-0.3, -0.25) is 4.98 Å². The highest BCUT2D eigenvalue weighted by atomic mass is 16.3. The summed E-state index contributed by atoms with van der Waals surface area (Å²) in [6, 6.07) is 22.3. The second-order valence-corrected chi connectivity index (χ2v) is 7.71. The van der Waals surface area contributed by atoms with E-state index in [1.807, 2.05) is 24.4 Å². The molecule has 3 heteroatoms. The zero-order chi connectivity index (χ0) is 20.5. The third kappa shape index (κ3) is 6.88. The van der Waals surface area contributed by atoms with Crippen molar-refractivity contribution in [2.45, 2.75) is 25.7 Å². The smallest absolute Gasteiger partial charge is 0.115 e. The zero-order valence-corrected chi connectivity index (χ0v) is 17.4. The number of hydrogen-bond acceptors (Lipinski definition) is 3. The molecule has 3 aromatic rings. The zero-order valence-electron chi connectivity index (χ0n) is 17.4. The van der Waals surface area contributed by atoms with E-state index in [-0.39, 0.29) is 0 Å². The molecule has 1 N–H and O–H groups in total. The molecular weight excluding hydrogens is 356 g/mol. The largest absolute Gasteiger partial charge is 0.508 e. The van der Waals surface area contributed by atoms with Crippen LogP contribution in [0, 0.1) is 0 Å². The molecule has 150 valence electrons. The molecule has 2 aromatic carbocycles. The summed E-state index contributed by atoms with van der Waals surface area (Å²) in [5, 5.41) is 9.54. The number of aromatic nitrogens is 1. The average Bonchev–Trinajstić information content (AvgIpc) is 2.74. The summed E-state index contributed by atoms with van der Waals surface area (Å²) in [7, 11) is 4.21. The van der Waals surface area contributed by atoms with E-state index in [0.717, 1.165) is 37.9 Å². The van der Waals surface area contributed by atoms with Crippen molar-refractivity contribution in [3.63, 3.8) is 0 Å². The van der Waals surface area contributed by atoms with Crippen LogP contribution in [0.1, 0.15) is 28.8 Å². The molecule has 1 heterocycles. The molecule has 29 heavy (non-hydrogen) atoms. The van der Waals surface area contributed by atoms with E-state index in [1.54, 1.807) is 12.1 Å². The molecule has 0 fully saturated rings. The van der Waals surface area contributed by atoms with Gasteiger partial charge in [0.25, 0.3) is 0 Å².